The minimum absolute atomic E-state index is 0.0342. The van der Waals surface area contributed by atoms with Gasteiger partial charge >= 0.3 is 0 Å². The highest BCUT2D eigenvalue weighted by atomic mass is 32.2. The molecular formula is C25H31N2O9S3+. The van der Waals surface area contributed by atoms with Gasteiger partial charge in [0.25, 0.3) is 30.4 Å². The molecule has 11 nitrogen and oxygen atoms in total. The fourth-order valence-electron chi connectivity index (χ4n) is 4.59. The molecule has 0 bridgehead atoms. The van der Waals surface area contributed by atoms with Crippen LogP contribution in [0.4, 0.5) is 11.4 Å². The first kappa shape index (κ1) is 30.7. The van der Waals surface area contributed by atoms with E-state index in [9.17, 15) is 38.9 Å². The van der Waals surface area contributed by atoms with Gasteiger partial charge in [-0.05, 0) is 50.1 Å². The molecule has 1 aliphatic heterocycles. The minimum Gasteiger partial charge on any atom is -0.362 e. The first-order chi connectivity index (χ1) is 18.1. The van der Waals surface area contributed by atoms with Gasteiger partial charge in [-0.2, -0.15) is 29.8 Å². The summed E-state index contributed by atoms with van der Waals surface area (Å²) < 4.78 is 99.1. The van der Waals surface area contributed by atoms with E-state index in [0.717, 1.165) is 5.69 Å². The van der Waals surface area contributed by atoms with Crippen LogP contribution >= 0.6 is 0 Å². The fourth-order valence-corrected chi connectivity index (χ4v) is 6.10. The smallest absolute Gasteiger partial charge is 0.294 e. The normalized spacial score (nSPS) is 18.3. The number of benzene rings is 2. The zero-order valence-corrected chi connectivity index (χ0v) is 23.6. The van der Waals surface area contributed by atoms with Crippen LogP contribution in [0.25, 0.3) is 0 Å². The van der Waals surface area contributed by atoms with Crippen LogP contribution in [0.2, 0.25) is 0 Å². The Balaban J connectivity index is 2.06. The summed E-state index contributed by atoms with van der Waals surface area (Å²) in [6.07, 6.45) is 7.14. The van der Waals surface area contributed by atoms with Gasteiger partial charge in [-0.15, -0.1) is 0 Å². The molecule has 2 aromatic rings. The van der Waals surface area contributed by atoms with E-state index < -0.39 is 47.3 Å². The Morgan fingerprint density at radius 2 is 1.51 bits per heavy atom. The summed E-state index contributed by atoms with van der Waals surface area (Å²) in [6.45, 7) is 1.91. The van der Waals surface area contributed by atoms with E-state index in [1.165, 1.54) is 18.2 Å². The lowest BCUT2D eigenvalue weighted by molar-refractivity contribution is -0.437. The van der Waals surface area contributed by atoms with Crippen molar-refractivity contribution in [2.75, 3.05) is 23.4 Å². The number of para-hydroxylation sites is 1. The summed E-state index contributed by atoms with van der Waals surface area (Å²) in [4.78, 5) is -0.350. The van der Waals surface area contributed by atoms with Gasteiger partial charge in [0.05, 0.1) is 21.8 Å². The molecule has 0 saturated heterocycles. The average molecular weight is 600 g/mol. The Labute approximate surface area is 228 Å². The largest absolute Gasteiger partial charge is 0.362 e. The van der Waals surface area contributed by atoms with E-state index >= 15 is 0 Å². The number of nitrogens with one attached hydrogen (secondary N) is 1. The molecule has 2 aromatic carbocycles. The van der Waals surface area contributed by atoms with Crippen LogP contribution in [0.15, 0.2) is 77.9 Å². The van der Waals surface area contributed by atoms with E-state index in [-0.39, 0.29) is 30.7 Å². The van der Waals surface area contributed by atoms with Crippen LogP contribution in [0, 0.1) is 0 Å². The number of rotatable bonds is 13. The molecule has 4 N–H and O–H groups in total. The van der Waals surface area contributed by atoms with Gasteiger partial charge < -0.3 is 5.32 Å². The summed E-state index contributed by atoms with van der Waals surface area (Å²) >= 11 is 0. The summed E-state index contributed by atoms with van der Waals surface area (Å²) in [7, 11) is -13.0. The van der Waals surface area contributed by atoms with E-state index in [2.05, 4.69) is 5.32 Å². The molecular weight excluding hydrogens is 568 g/mol. The van der Waals surface area contributed by atoms with Crippen molar-refractivity contribution in [2.45, 2.75) is 36.5 Å². The molecule has 0 radical (unpaired) electrons. The maximum atomic E-state index is 11.9. The lowest BCUT2D eigenvalue weighted by atomic mass is 9.76. The molecule has 1 atom stereocenters. The molecule has 3 rings (SSSR count). The molecule has 0 saturated carbocycles. The maximum absolute atomic E-state index is 11.9. The molecule has 1 aliphatic rings. The molecule has 14 heteroatoms. The van der Waals surface area contributed by atoms with Gasteiger partial charge in [0.1, 0.15) is 6.54 Å². The molecule has 0 amide bonds. The van der Waals surface area contributed by atoms with Crippen molar-refractivity contribution in [3.63, 3.8) is 0 Å². The molecule has 39 heavy (non-hydrogen) atoms. The van der Waals surface area contributed by atoms with Crippen LogP contribution in [0.1, 0.15) is 31.7 Å². The van der Waals surface area contributed by atoms with Gasteiger partial charge in [0, 0.05) is 36.0 Å². The second-order valence-electron chi connectivity index (χ2n) is 9.28. The second-order valence-corrected chi connectivity index (χ2v) is 13.8. The van der Waals surface area contributed by atoms with Crippen molar-refractivity contribution >= 4 is 47.4 Å². The lowest BCUT2D eigenvalue weighted by Gasteiger charge is -2.22. The third-order valence-electron chi connectivity index (χ3n) is 6.36. The van der Waals surface area contributed by atoms with Crippen LogP contribution in [0.3, 0.4) is 0 Å². The quantitative estimate of drug-likeness (QED) is 0.151. The standard InChI is InChI=1S/C25H30N2O9S3/c1-25(14-7-17-37(28,29)30)22-19-21(39(34,35)36)12-13-23(22)27(16-8-18-38(31,32)33)24(25)11-5-6-15-26-20-9-3-2-4-10-20/h2-6,9-13,15,19H,7-8,14,16-18H2,1H3,(H3,28,29,30,31,32,33,34,35,36)/p+1. The van der Waals surface area contributed by atoms with E-state index in [1.807, 2.05) is 30.3 Å². The van der Waals surface area contributed by atoms with Crippen molar-refractivity contribution in [2.24, 2.45) is 0 Å². The number of fused-ring (bicyclic) bond motifs is 1. The first-order valence-corrected chi connectivity index (χ1v) is 16.6. The fraction of sp³-hybridized carbons (Fsp3) is 0.320. The SMILES string of the molecule is CC1(CCCS(=O)(=O)O)C(/C=C/C=C/Nc2ccccc2)=[N+](CCCS(=O)(=O)O)c2ccc(S(=O)(=O)O)cc21. The van der Waals surface area contributed by atoms with Crippen molar-refractivity contribution in [1.82, 2.24) is 0 Å². The Hall–Kier alpha value is -2.88. The van der Waals surface area contributed by atoms with E-state index in [0.29, 0.717) is 17.0 Å². The highest BCUT2D eigenvalue weighted by Crippen LogP contribution is 2.44. The predicted molar refractivity (Wildman–Crippen MR) is 148 cm³/mol. The maximum Gasteiger partial charge on any atom is 0.294 e. The average Bonchev–Trinajstić information content (AvgIpc) is 3.05. The topological polar surface area (TPSA) is 178 Å². The van der Waals surface area contributed by atoms with Crippen molar-refractivity contribution in [3.8, 4) is 0 Å². The van der Waals surface area contributed by atoms with Crippen molar-refractivity contribution < 1.29 is 43.5 Å². The summed E-state index contributed by atoms with van der Waals surface area (Å²) in [5.41, 5.74) is 1.52. The molecule has 0 spiro atoms. The lowest BCUT2D eigenvalue weighted by Crippen LogP contribution is -2.32. The molecule has 0 fully saturated rings. The van der Waals surface area contributed by atoms with E-state index in [1.54, 1.807) is 35.9 Å². The monoisotopic (exact) mass is 599 g/mol. The molecule has 212 valence electrons. The summed E-state index contributed by atoms with van der Waals surface area (Å²) in [5.74, 6) is -1.02. The van der Waals surface area contributed by atoms with Crippen LogP contribution < -0.4 is 5.32 Å². The number of anilines is 1. The van der Waals surface area contributed by atoms with Crippen LogP contribution in [-0.4, -0.2) is 67.2 Å². The predicted octanol–water partition coefficient (Wildman–Crippen LogP) is 3.42. The Bertz CT molecular complexity index is 1610. The van der Waals surface area contributed by atoms with Crippen LogP contribution in [0.5, 0.6) is 0 Å². The highest BCUT2D eigenvalue weighted by molar-refractivity contribution is 7.86. The van der Waals surface area contributed by atoms with Gasteiger partial charge in [0.2, 0.25) is 5.69 Å². The Morgan fingerprint density at radius 1 is 0.872 bits per heavy atom. The second kappa shape index (κ2) is 12.1. The van der Waals surface area contributed by atoms with Gasteiger partial charge in [0.15, 0.2) is 5.71 Å². The first-order valence-electron chi connectivity index (χ1n) is 11.9. The minimum atomic E-state index is -4.55. The summed E-state index contributed by atoms with van der Waals surface area (Å²) in [5, 5.41) is 3.11. The number of hydrogen-bond donors (Lipinski definition) is 4. The number of hydrogen-bond acceptors (Lipinski definition) is 7. The van der Waals surface area contributed by atoms with Crippen molar-refractivity contribution in [1.29, 1.82) is 0 Å². The Morgan fingerprint density at radius 3 is 2.13 bits per heavy atom. The highest BCUT2D eigenvalue weighted by Gasteiger charge is 2.47. The van der Waals surface area contributed by atoms with Gasteiger partial charge in [-0.25, -0.2) is 0 Å². The zero-order valence-electron chi connectivity index (χ0n) is 21.1. The Kier molecular flexibility index (Phi) is 9.51. The molecule has 1 unspecified atom stereocenters. The summed E-state index contributed by atoms with van der Waals surface area (Å²) in [6, 6.07) is 13.4. The van der Waals surface area contributed by atoms with Crippen LogP contribution in [-0.2, 0) is 35.8 Å². The molecule has 0 aromatic heterocycles. The number of nitrogens with zero attached hydrogens (tertiary/aromatic N) is 1. The number of allylic oxidation sites excluding steroid dienone is 3. The molecule has 1 heterocycles. The van der Waals surface area contributed by atoms with E-state index in [4.69, 9.17) is 0 Å². The third-order valence-corrected chi connectivity index (χ3v) is 8.81. The zero-order chi connectivity index (χ0) is 28.9. The van der Waals surface area contributed by atoms with Crippen molar-refractivity contribution in [3.05, 3.63) is 78.5 Å². The third kappa shape index (κ3) is 8.55. The molecule has 0 aliphatic carbocycles. The van der Waals surface area contributed by atoms with Gasteiger partial charge in [-0.3, -0.25) is 13.7 Å². The van der Waals surface area contributed by atoms with Gasteiger partial charge in [-0.1, -0.05) is 24.3 Å².